The third-order valence-electron chi connectivity index (χ3n) is 4.66. The quantitative estimate of drug-likeness (QED) is 0.198. The Balaban J connectivity index is 1.56. The first-order valence-electron chi connectivity index (χ1n) is 10.0. The summed E-state index contributed by atoms with van der Waals surface area (Å²) in [6, 6.07) is 12.1. The molecular weight excluding hydrogens is 372 g/mol. The average Bonchev–Trinajstić information content (AvgIpc) is 3.22. The Morgan fingerprint density at radius 2 is 1.59 bits per heavy atom. The maximum atomic E-state index is 12.4. The molecule has 0 radical (unpaired) electrons. The topological polar surface area (TPSA) is 26.3 Å². The number of hydrogen-bond acceptors (Lipinski definition) is 4. The molecule has 0 aliphatic rings. The molecule has 0 atom stereocenters. The lowest BCUT2D eigenvalue weighted by Gasteiger charge is -2.04. The van der Waals surface area contributed by atoms with E-state index in [0.29, 0.717) is 10.6 Å². The molecule has 0 fully saturated rings. The molecule has 1 aromatic carbocycles. The normalized spacial score (nSPS) is 11.2. The number of esters is 1. The first kappa shape index (κ1) is 20.1. The van der Waals surface area contributed by atoms with Crippen molar-refractivity contribution in [1.82, 2.24) is 0 Å². The average molecular weight is 401 g/mol. The standard InChI is InChI=1S/C23H28O2S2/c1-3-5-6-7-8-10-19-15-20-21(26-19)16-22(27-20)23(24)25-18-13-11-17(9-4-2)12-14-18/h11-16H,3-10H2,1-2H3. The number of fused-ring (bicyclic) bond motifs is 1. The Morgan fingerprint density at radius 1 is 0.852 bits per heavy atom. The van der Waals surface area contributed by atoms with Crippen molar-refractivity contribution < 1.29 is 9.53 Å². The lowest BCUT2D eigenvalue weighted by Crippen LogP contribution is -2.06. The summed E-state index contributed by atoms with van der Waals surface area (Å²) in [6.45, 7) is 4.41. The lowest BCUT2D eigenvalue weighted by molar-refractivity contribution is 0.0740. The molecular formula is C23H28O2S2. The van der Waals surface area contributed by atoms with Gasteiger partial charge in [-0.15, -0.1) is 22.7 Å². The number of thiophene rings is 2. The van der Waals surface area contributed by atoms with Crippen LogP contribution in [0.25, 0.3) is 9.40 Å². The molecule has 0 bridgehead atoms. The van der Waals surface area contributed by atoms with Crippen LogP contribution in [0, 0.1) is 0 Å². The predicted octanol–water partition coefficient (Wildman–Crippen LogP) is 7.65. The molecule has 0 N–H and O–H groups in total. The maximum absolute atomic E-state index is 12.4. The van der Waals surface area contributed by atoms with Gasteiger partial charge in [0.25, 0.3) is 0 Å². The van der Waals surface area contributed by atoms with Crippen molar-refractivity contribution in [1.29, 1.82) is 0 Å². The zero-order chi connectivity index (χ0) is 19.1. The van der Waals surface area contributed by atoms with E-state index in [1.54, 1.807) is 0 Å². The molecule has 0 unspecified atom stereocenters. The van der Waals surface area contributed by atoms with Crippen LogP contribution in [-0.2, 0) is 12.8 Å². The van der Waals surface area contributed by atoms with E-state index in [1.165, 1.54) is 63.3 Å². The van der Waals surface area contributed by atoms with Gasteiger partial charge in [-0.25, -0.2) is 4.79 Å². The van der Waals surface area contributed by atoms with E-state index in [9.17, 15) is 4.79 Å². The van der Waals surface area contributed by atoms with Crippen LogP contribution in [0.4, 0.5) is 0 Å². The van der Waals surface area contributed by atoms with E-state index < -0.39 is 0 Å². The molecule has 0 spiro atoms. The number of ether oxygens (including phenoxy) is 1. The first-order chi connectivity index (χ1) is 13.2. The number of benzene rings is 1. The highest BCUT2D eigenvalue weighted by Crippen LogP contribution is 2.34. The Kier molecular flexibility index (Phi) is 7.48. The fourth-order valence-corrected chi connectivity index (χ4v) is 5.52. The second-order valence-electron chi connectivity index (χ2n) is 7.00. The van der Waals surface area contributed by atoms with Crippen LogP contribution in [-0.4, -0.2) is 5.97 Å². The van der Waals surface area contributed by atoms with Crippen LogP contribution in [0.1, 0.15) is 72.5 Å². The Labute approximate surface area is 170 Å². The van der Waals surface area contributed by atoms with E-state index in [0.717, 1.165) is 19.3 Å². The molecule has 3 rings (SSSR count). The zero-order valence-electron chi connectivity index (χ0n) is 16.3. The fraction of sp³-hybridized carbons (Fsp3) is 0.435. The van der Waals surface area contributed by atoms with E-state index in [4.69, 9.17) is 4.74 Å². The molecule has 0 amide bonds. The number of unbranched alkanes of at least 4 members (excludes halogenated alkanes) is 4. The van der Waals surface area contributed by atoms with Crippen LogP contribution in [0.2, 0.25) is 0 Å². The van der Waals surface area contributed by atoms with Crippen LogP contribution >= 0.6 is 22.7 Å². The van der Waals surface area contributed by atoms with E-state index in [1.807, 2.05) is 41.7 Å². The van der Waals surface area contributed by atoms with Crippen LogP contribution in [0.15, 0.2) is 36.4 Å². The van der Waals surface area contributed by atoms with E-state index in [-0.39, 0.29) is 5.97 Å². The lowest BCUT2D eigenvalue weighted by atomic mass is 10.1. The third kappa shape index (κ3) is 5.66. The van der Waals surface area contributed by atoms with Crippen molar-refractivity contribution >= 4 is 38.0 Å². The summed E-state index contributed by atoms with van der Waals surface area (Å²) in [4.78, 5) is 14.6. The highest BCUT2D eigenvalue weighted by Gasteiger charge is 2.15. The summed E-state index contributed by atoms with van der Waals surface area (Å²) >= 11 is 3.36. The van der Waals surface area contributed by atoms with Crippen LogP contribution in [0.5, 0.6) is 5.75 Å². The van der Waals surface area contributed by atoms with Crippen LogP contribution < -0.4 is 4.74 Å². The molecule has 144 valence electrons. The van der Waals surface area contributed by atoms with Gasteiger partial charge < -0.3 is 4.74 Å². The van der Waals surface area contributed by atoms with Crippen LogP contribution in [0.3, 0.4) is 0 Å². The van der Waals surface area contributed by atoms with Gasteiger partial charge in [-0.2, -0.15) is 0 Å². The van der Waals surface area contributed by atoms with Gasteiger partial charge >= 0.3 is 5.97 Å². The molecule has 2 heterocycles. The van der Waals surface area contributed by atoms with Gasteiger partial charge in [0.05, 0.1) is 0 Å². The fourth-order valence-electron chi connectivity index (χ4n) is 3.18. The highest BCUT2D eigenvalue weighted by molar-refractivity contribution is 7.28. The summed E-state index contributed by atoms with van der Waals surface area (Å²) in [6.07, 6.45) is 9.86. The van der Waals surface area contributed by atoms with Gasteiger partial charge in [0.15, 0.2) is 0 Å². The summed E-state index contributed by atoms with van der Waals surface area (Å²) in [5, 5.41) is 0. The summed E-state index contributed by atoms with van der Waals surface area (Å²) in [7, 11) is 0. The van der Waals surface area contributed by atoms with Crippen molar-refractivity contribution in [3.8, 4) is 5.75 Å². The number of hydrogen-bond donors (Lipinski definition) is 0. The molecule has 27 heavy (non-hydrogen) atoms. The molecule has 0 aliphatic heterocycles. The van der Waals surface area contributed by atoms with Crippen molar-refractivity contribution in [3.05, 3.63) is 51.7 Å². The van der Waals surface area contributed by atoms with Crippen molar-refractivity contribution in [2.75, 3.05) is 0 Å². The SMILES string of the molecule is CCCCCCCc1cc2sc(C(=O)Oc3ccc(CCC)cc3)cc2s1. The molecule has 0 saturated carbocycles. The van der Waals surface area contributed by atoms with Gasteiger partial charge in [-0.1, -0.05) is 58.1 Å². The molecule has 0 saturated heterocycles. The molecule has 4 heteroatoms. The van der Waals surface area contributed by atoms with Crippen molar-refractivity contribution in [3.63, 3.8) is 0 Å². The van der Waals surface area contributed by atoms with Gasteiger partial charge in [0, 0.05) is 14.3 Å². The van der Waals surface area contributed by atoms with Crippen molar-refractivity contribution in [2.24, 2.45) is 0 Å². The van der Waals surface area contributed by atoms with Gasteiger partial charge in [0.2, 0.25) is 0 Å². The molecule has 3 aromatic rings. The van der Waals surface area contributed by atoms with Gasteiger partial charge in [-0.3, -0.25) is 0 Å². The largest absolute Gasteiger partial charge is 0.422 e. The predicted molar refractivity (Wildman–Crippen MR) is 118 cm³/mol. The molecule has 2 nitrogen and oxygen atoms in total. The smallest absolute Gasteiger partial charge is 0.353 e. The molecule has 2 aromatic heterocycles. The number of carbonyl (C=O) groups excluding carboxylic acids is 1. The number of aryl methyl sites for hydroxylation is 2. The zero-order valence-corrected chi connectivity index (χ0v) is 17.9. The minimum atomic E-state index is -0.257. The second kappa shape index (κ2) is 10.0. The van der Waals surface area contributed by atoms with E-state index >= 15 is 0 Å². The summed E-state index contributed by atoms with van der Waals surface area (Å²) in [5.41, 5.74) is 1.27. The number of rotatable bonds is 10. The number of carbonyl (C=O) groups is 1. The Bertz CT molecular complexity index is 827. The van der Waals surface area contributed by atoms with Gasteiger partial charge in [-0.05, 0) is 49.1 Å². The first-order valence-corrected chi connectivity index (χ1v) is 11.7. The summed E-state index contributed by atoms with van der Waals surface area (Å²) < 4.78 is 7.95. The minimum Gasteiger partial charge on any atom is -0.422 e. The highest BCUT2D eigenvalue weighted by atomic mass is 32.1. The Morgan fingerprint density at radius 3 is 2.30 bits per heavy atom. The summed E-state index contributed by atoms with van der Waals surface area (Å²) in [5.74, 6) is 0.358. The van der Waals surface area contributed by atoms with E-state index in [2.05, 4.69) is 19.9 Å². The Hall–Kier alpha value is -1.65. The molecule has 0 aliphatic carbocycles. The van der Waals surface area contributed by atoms with Crippen molar-refractivity contribution in [2.45, 2.75) is 65.2 Å². The second-order valence-corrected chi connectivity index (χ2v) is 9.25. The minimum absolute atomic E-state index is 0.257. The van der Waals surface area contributed by atoms with Gasteiger partial charge in [0.1, 0.15) is 10.6 Å². The maximum Gasteiger partial charge on any atom is 0.353 e. The third-order valence-corrected chi connectivity index (χ3v) is 6.99. The monoisotopic (exact) mass is 400 g/mol.